The highest BCUT2D eigenvalue weighted by atomic mass is 16.6. The van der Waals surface area contributed by atoms with Crippen molar-refractivity contribution in [3.8, 4) is 0 Å². The summed E-state index contributed by atoms with van der Waals surface area (Å²) >= 11 is 0. The maximum absolute atomic E-state index is 11.0. The van der Waals surface area contributed by atoms with Gasteiger partial charge in [-0.3, -0.25) is 4.79 Å². The van der Waals surface area contributed by atoms with Gasteiger partial charge in [-0.25, -0.2) is 0 Å². The van der Waals surface area contributed by atoms with Crippen LogP contribution in [0, 0.1) is 0 Å². The van der Waals surface area contributed by atoms with E-state index in [2.05, 4.69) is 6.58 Å². The van der Waals surface area contributed by atoms with Crippen LogP contribution in [0.3, 0.4) is 0 Å². The van der Waals surface area contributed by atoms with Gasteiger partial charge in [0.2, 0.25) is 0 Å². The van der Waals surface area contributed by atoms with Crippen molar-refractivity contribution >= 4 is 5.78 Å². The molecule has 1 N–H and O–H groups in total. The number of aliphatic hydroxyl groups is 1. The molecule has 1 aliphatic heterocycles. The summed E-state index contributed by atoms with van der Waals surface area (Å²) in [6.45, 7) is 3.48. The van der Waals surface area contributed by atoms with Gasteiger partial charge in [-0.2, -0.15) is 0 Å². The summed E-state index contributed by atoms with van der Waals surface area (Å²) in [5.41, 5.74) is 0. The van der Waals surface area contributed by atoms with E-state index in [0.29, 0.717) is 6.42 Å². The lowest BCUT2D eigenvalue weighted by Crippen LogP contribution is -2.30. The highest BCUT2D eigenvalue weighted by molar-refractivity contribution is 5.94. The second kappa shape index (κ2) is 3.46. The van der Waals surface area contributed by atoms with Crippen molar-refractivity contribution in [3.63, 3.8) is 0 Å². The number of rotatable bonds is 2. The molecule has 0 saturated heterocycles. The van der Waals surface area contributed by atoms with E-state index in [1.807, 2.05) is 0 Å². The molecule has 0 saturated carbocycles. The summed E-state index contributed by atoms with van der Waals surface area (Å²) < 4.78 is 4.89. The average molecular weight is 154 g/mol. The van der Waals surface area contributed by atoms with E-state index < -0.39 is 12.4 Å². The molecule has 3 nitrogen and oxygen atoms in total. The van der Waals surface area contributed by atoms with Crippen LogP contribution in [0.25, 0.3) is 0 Å². The molecule has 0 bridgehead atoms. The second-order valence-corrected chi connectivity index (χ2v) is 2.30. The Kier molecular flexibility index (Phi) is 2.57. The lowest BCUT2D eigenvalue weighted by Gasteiger charge is -2.19. The molecule has 2 atom stereocenters. The van der Waals surface area contributed by atoms with Crippen LogP contribution < -0.4 is 0 Å². The number of hydrogen-bond donors (Lipinski definition) is 1. The van der Waals surface area contributed by atoms with Crippen LogP contribution in [0.2, 0.25) is 0 Å². The summed E-state index contributed by atoms with van der Waals surface area (Å²) in [5, 5.41) is 8.93. The Morgan fingerprint density at radius 1 is 1.82 bits per heavy atom. The van der Waals surface area contributed by atoms with Gasteiger partial charge >= 0.3 is 0 Å². The van der Waals surface area contributed by atoms with Crippen molar-refractivity contribution in [2.75, 3.05) is 0 Å². The summed E-state index contributed by atoms with van der Waals surface area (Å²) in [4.78, 5) is 11.0. The first kappa shape index (κ1) is 8.17. The maximum Gasteiger partial charge on any atom is 0.184 e. The Labute approximate surface area is 65.0 Å². The lowest BCUT2D eigenvalue weighted by molar-refractivity contribution is -0.147. The highest BCUT2D eigenvalue weighted by Gasteiger charge is 2.21. The molecule has 0 radical (unpaired) electrons. The Balaban J connectivity index is 2.60. The number of carbonyl (C=O) groups excluding carboxylic acids is 1. The van der Waals surface area contributed by atoms with Crippen molar-refractivity contribution in [2.24, 2.45) is 0 Å². The fraction of sp³-hybridized carbons (Fsp3) is 0.375. The Morgan fingerprint density at radius 2 is 2.55 bits per heavy atom. The fourth-order valence-electron chi connectivity index (χ4n) is 0.888. The van der Waals surface area contributed by atoms with E-state index >= 15 is 0 Å². The molecule has 1 rings (SSSR count). The van der Waals surface area contributed by atoms with Crippen LogP contribution in [-0.4, -0.2) is 23.3 Å². The monoisotopic (exact) mass is 154 g/mol. The zero-order chi connectivity index (χ0) is 8.27. The summed E-state index contributed by atoms with van der Waals surface area (Å²) in [7, 11) is 0. The van der Waals surface area contributed by atoms with Crippen LogP contribution >= 0.6 is 0 Å². The molecule has 1 aliphatic rings. The van der Waals surface area contributed by atoms with Gasteiger partial charge < -0.3 is 9.84 Å². The van der Waals surface area contributed by atoms with Crippen LogP contribution in [0.4, 0.5) is 0 Å². The average Bonchev–Trinajstić information content (AvgIpc) is 1.98. The van der Waals surface area contributed by atoms with Crippen molar-refractivity contribution in [1.29, 1.82) is 0 Å². The van der Waals surface area contributed by atoms with Crippen LogP contribution in [0.1, 0.15) is 6.42 Å². The van der Waals surface area contributed by atoms with Crippen molar-refractivity contribution < 1.29 is 14.6 Å². The fourth-order valence-corrected chi connectivity index (χ4v) is 0.888. The minimum absolute atomic E-state index is 0.116. The minimum atomic E-state index is -0.947. The standard InChI is InChI=1S/C8H10O3/c1-2-3-7-6(9)4-5-8(10)11-7/h2,4-5,7-8,10H,1,3H2/t7-,8+/m1/s1. The van der Waals surface area contributed by atoms with E-state index in [-0.39, 0.29) is 5.78 Å². The SMILES string of the molecule is C=CC[C@H]1O[C@H](O)C=CC1=O. The summed E-state index contributed by atoms with van der Waals surface area (Å²) in [6.07, 6.45) is 3.20. The molecule has 0 aromatic carbocycles. The van der Waals surface area contributed by atoms with Crippen molar-refractivity contribution in [1.82, 2.24) is 0 Å². The summed E-state index contributed by atoms with van der Waals surface area (Å²) in [6, 6.07) is 0. The van der Waals surface area contributed by atoms with E-state index in [4.69, 9.17) is 9.84 Å². The predicted molar refractivity (Wildman–Crippen MR) is 39.8 cm³/mol. The smallest absolute Gasteiger partial charge is 0.184 e. The molecule has 0 spiro atoms. The lowest BCUT2D eigenvalue weighted by atomic mass is 10.1. The molecule has 0 unspecified atom stereocenters. The first-order valence-corrected chi connectivity index (χ1v) is 3.40. The van der Waals surface area contributed by atoms with E-state index in [0.717, 1.165) is 0 Å². The number of carbonyl (C=O) groups is 1. The molecule has 3 heteroatoms. The Bertz CT molecular complexity index is 196. The van der Waals surface area contributed by atoms with Crippen molar-refractivity contribution in [3.05, 3.63) is 24.8 Å². The minimum Gasteiger partial charge on any atom is -0.365 e. The van der Waals surface area contributed by atoms with Gasteiger partial charge in [-0.15, -0.1) is 6.58 Å². The van der Waals surface area contributed by atoms with Gasteiger partial charge in [0.1, 0.15) is 6.10 Å². The molecule has 60 valence electrons. The normalized spacial score (nSPS) is 30.5. The summed E-state index contributed by atoms with van der Waals surface area (Å²) in [5.74, 6) is -0.116. The third kappa shape index (κ3) is 2.00. The first-order chi connectivity index (χ1) is 5.24. The van der Waals surface area contributed by atoms with Gasteiger partial charge in [-0.05, 0) is 18.6 Å². The molecule has 0 aliphatic carbocycles. The second-order valence-electron chi connectivity index (χ2n) is 2.30. The van der Waals surface area contributed by atoms with E-state index in [1.165, 1.54) is 12.2 Å². The topological polar surface area (TPSA) is 46.5 Å². The molecule has 0 amide bonds. The van der Waals surface area contributed by atoms with E-state index in [9.17, 15) is 4.79 Å². The zero-order valence-corrected chi connectivity index (χ0v) is 6.06. The third-order valence-electron chi connectivity index (χ3n) is 1.43. The Morgan fingerprint density at radius 3 is 3.18 bits per heavy atom. The quantitative estimate of drug-likeness (QED) is 0.586. The van der Waals surface area contributed by atoms with Gasteiger partial charge in [0.25, 0.3) is 0 Å². The van der Waals surface area contributed by atoms with Crippen molar-refractivity contribution in [2.45, 2.75) is 18.8 Å². The first-order valence-electron chi connectivity index (χ1n) is 3.40. The van der Waals surface area contributed by atoms with Crippen LogP contribution in [0.15, 0.2) is 24.8 Å². The highest BCUT2D eigenvalue weighted by Crippen LogP contribution is 2.10. The van der Waals surface area contributed by atoms with Crippen LogP contribution in [-0.2, 0) is 9.53 Å². The number of ketones is 1. The Hall–Kier alpha value is -0.930. The van der Waals surface area contributed by atoms with Gasteiger partial charge in [0, 0.05) is 0 Å². The molecule has 0 aromatic heterocycles. The maximum atomic E-state index is 11.0. The molecular formula is C8H10O3. The number of hydrogen-bond acceptors (Lipinski definition) is 3. The molecule has 11 heavy (non-hydrogen) atoms. The molecule has 0 fully saturated rings. The number of ether oxygens (including phenoxy) is 1. The zero-order valence-electron chi connectivity index (χ0n) is 6.06. The third-order valence-corrected chi connectivity index (χ3v) is 1.43. The van der Waals surface area contributed by atoms with Crippen LogP contribution in [0.5, 0.6) is 0 Å². The predicted octanol–water partition coefficient (Wildman–Crippen LogP) is 0.405. The van der Waals surface area contributed by atoms with E-state index in [1.54, 1.807) is 6.08 Å². The molecule has 1 heterocycles. The molecular weight excluding hydrogens is 144 g/mol. The molecule has 0 aromatic rings. The van der Waals surface area contributed by atoms with Gasteiger partial charge in [0.05, 0.1) is 0 Å². The number of aliphatic hydroxyl groups excluding tert-OH is 1. The largest absolute Gasteiger partial charge is 0.365 e. The van der Waals surface area contributed by atoms with Gasteiger partial charge in [0.15, 0.2) is 12.1 Å². The van der Waals surface area contributed by atoms with Gasteiger partial charge in [-0.1, -0.05) is 6.08 Å².